The van der Waals surface area contributed by atoms with Crippen molar-refractivity contribution in [3.8, 4) is 5.75 Å². The first-order valence-corrected chi connectivity index (χ1v) is 12.0. The molecular weight excluding hydrogens is 404 g/mol. The predicted octanol–water partition coefficient (Wildman–Crippen LogP) is 5.05. The van der Waals surface area contributed by atoms with Crippen LogP contribution in [0, 0.1) is 0 Å². The van der Waals surface area contributed by atoms with Gasteiger partial charge in [-0.25, -0.2) is 0 Å². The molecule has 0 radical (unpaired) electrons. The van der Waals surface area contributed by atoms with Gasteiger partial charge >= 0.3 is 0 Å². The molecule has 2 aliphatic heterocycles. The summed E-state index contributed by atoms with van der Waals surface area (Å²) in [5.41, 5.74) is 6.25. The largest absolute Gasteiger partial charge is 0.497 e. The molecule has 0 spiro atoms. The standard InChI is InChI=1S/C26H26N2O2S/c1-30-18-12-10-16(11-13-18)14-21-19-7-3-2-6-17(19)15-28-24(21)27-25(29)23-20-8-4-5-9-22(20)31-26(23)28/h2-3,6-7,10-13,21,24H,4-5,8-9,14-15H2,1H3,(H,27,29)/t21-,24-/m1/s1. The number of amides is 1. The zero-order valence-electron chi connectivity index (χ0n) is 17.7. The van der Waals surface area contributed by atoms with Gasteiger partial charge in [-0.2, -0.15) is 0 Å². The van der Waals surface area contributed by atoms with E-state index in [4.69, 9.17) is 4.74 Å². The van der Waals surface area contributed by atoms with E-state index in [9.17, 15) is 4.79 Å². The summed E-state index contributed by atoms with van der Waals surface area (Å²) in [4.78, 5) is 17.2. The molecule has 3 aliphatic rings. The topological polar surface area (TPSA) is 41.6 Å². The van der Waals surface area contributed by atoms with Crippen LogP contribution in [0.25, 0.3) is 0 Å². The summed E-state index contributed by atoms with van der Waals surface area (Å²) in [6, 6.07) is 17.1. The van der Waals surface area contributed by atoms with Crippen LogP contribution in [0.5, 0.6) is 5.75 Å². The van der Waals surface area contributed by atoms with Gasteiger partial charge < -0.3 is 15.0 Å². The maximum atomic E-state index is 13.3. The fraction of sp³-hybridized carbons (Fsp3) is 0.346. The van der Waals surface area contributed by atoms with Crippen molar-refractivity contribution in [1.29, 1.82) is 0 Å². The summed E-state index contributed by atoms with van der Waals surface area (Å²) in [6.07, 6.45) is 5.44. The van der Waals surface area contributed by atoms with E-state index in [0.29, 0.717) is 0 Å². The molecule has 0 fully saturated rings. The Morgan fingerprint density at radius 2 is 1.90 bits per heavy atom. The van der Waals surface area contributed by atoms with E-state index >= 15 is 0 Å². The van der Waals surface area contributed by atoms with Gasteiger partial charge in [0, 0.05) is 17.3 Å². The van der Waals surface area contributed by atoms with Crippen molar-refractivity contribution < 1.29 is 9.53 Å². The number of ether oxygens (including phenoxy) is 1. The summed E-state index contributed by atoms with van der Waals surface area (Å²) in [5, 5.41) is 4.60. The van der Waals surface area contributed by atoms with Crippen LogP contribution in [0.4, 0.5) is 5.00 Å². The second-order valence-electron chi connectivity index (χ2n) is 8.79. The summed E-state index contributed by atoms with van der Waals surface area (Å²) in [7, 11) is 1.69. The molecule has 2 aromatic carbocycles. The van der Waals surface area contributed by atoms with E-state index in [2.05, 4.69) is 46.6 Å². The molecular formula is C26H26N2O2S. The summed E-state index contributed by atoms with van der Waals surface area (Å²) in [5.74, 6) is 1.19. The Bertz CT molecular complexity index is 1150. The van der Waals surface area contributed by atoms with Gasteiger partial charge in [0.05, 0.1) is 12.7 Å². The van der Waals surface area contributed by atoms with E-state index in [0.717, 1.165) is 37.1 Å². The zero-order valence-corrected chi connectivity index (χ0v) is 18.5. The lowest BCUT2D eigenvalue weighted by molar-refractivity contribution is 0.0915. The number of benzene rings is 2. The molecule has 0 saturated carbocycles. The number of carbonyl (C=O) groups is 1. The molecule has 1 aromatic heterocycles. The number of hydrogen-bond acceptors (Lipinski definition) is 4. The van der Waals surface area contributed by atoms with Crippen LogP contribution in [0.3, 0.4) is 0 Å². The fourth-order valence-electron chi connectivity index (χ4n) is 5.52. The lowest BCUT2D eigenvalue weighted by Crippen LogP contribution is -2.57. The van der Waals surface area contributed by atoms with Crippen LogP contribution in [-0.2, 0) is 25.8 Å². The molecule has 158 valence electrons. The van der Waals surface area contributed by atoms with E-state index in [1.807, 2.05) is 23.5 Å². The minimum atomic E-state index is -0.0166. The van der Waals surface area contributed by atoms with Gasteiger partial charge in [0.1, 0.15) is 16.9 Å². The summed E-state index contributed by atoms with van der Waals surface area (Å²) >= 11 is 1.86. The maximum absolute atomic E-state index is 13.3. The van der Waals surface area contributed by atoms with Crippen LogP contribution in [-0.4, -0.2) is 19.2 Å². The molecule has 3 heterocycles. The average Bonchev–Trinajstić information content (AvgIpc) is 3.21. The first-order chi connectivity index (χ1) is 15.2. The van der Waals surface area contributed by atoms with Crippen LogP contribution >= 0.6 is 11.3 Å². The SMILES string of the molecule is COc1ccc(C[C@@H]2c3ccccc3CN3c4sc5c(c4C(=O)N[C@@H]23)CCCC5)cc1. The number of hydrogen-bond donors (Lipinski definition) is 1. The Morgan fingerprint density at radius 1 is 1.10 bits per heavy atom. The quantitative estimate of drug-likeness (QED) is 0.632. The van der Waals surface area contributed by atoms with Crippen LogP contribution < -0.4 is 15.0 Å². The second-order valence-corrected chi connectivity index (χ2v) is 9.88. The van der Waals surface area contributed by atoms with Crippen LogP contribution in [0.2, 0.25) is 0 Å². The maximum Gasteiger partial charge on any atom is 0.256 e. The second kappa shape index (κ2) is 7.41. The van der Waals surface area contributed by atoms with Gasteiger partial charge in [-0.1, -0.05) is 36.4 Å². The van der Waals surface area contributed by atoms with E-state index in [1.54, 1.807) is 7.11 Å². The molecule has 3 aromatic rings. The summed E-state index contributed by atoms with van der Waals surface area (Å²) in [6.45, 7) is 0.854. The van der Waals surface area contributed by atoms with Gasteiger partial charge in [0.15, 0.2) is 0 Å². The van der Waals surface area contributed by atoms with E-state index in [-0.39, 0.29) is 18.0 Å². The smallest absolute Gasteiger partial charge is 0.256 e. The minimum absolute atomic E-state index is 0.0166. The molecule has 1 N–H and O–H groups in total. The highest BCUT2D eigenvalue weighted by molar-refractivity contribution is 7.16. The first-order valence-electron chi connectivity index (χ1n) is 11.2. The molecule has 1 aliphatic carbocycles. The number of anilines is 1. The number of nitrogens with one attached hydrogen (secondary N) is 1. The lowest BCUT2D eigenvalue weighted by atomic mass is 9.81. The Kier molecular flexibility index (Phi) is 4.53. The minimum Gasteiger partial charge on any atom is -0.497 e. The first kappa shape index (κ1) is 18.9. The van der Waals surface area contributed by atoms with Gasteiger partial charge in [-0.3, -0.25) is 4.79 Å². The molecule has 4 nitrogen and oxygen atoms in total. The number of thiophene rings is 1. The van der Waals surface area contributed by atoms with Gasteiger partial charge in [-0.05, 0) is 66.5 Å². The molecule has 2 atom stereocenters. The number of fused-ring (bicyclic) bond motifs is 6. The highest BCUT2D eigenvalue weighted by atomic mass is 32.1. The Morgan fingerprint density at radius 3 is 2.74 bits per heavy atom. The Balaban J connectivity index is 1.43. The molecule has 0 saturated heterocycles. The molecule has 5 heteroatoms. The monoisotopic (exact) mass is 430 g/mol. The van der Waals surface area contributed by atoms with Crippen molar-refractivity contribution in [2.45, 2.75) is 50.7 Å². The number of rotatable bonds is 3. The summed E-state index contributed by atoms with van der Waals surface area (Å²) < 4.78 is 5.33. The van der Waals surface area contributed by atoms with Crippen molar-refractivity contribution in [1.82, 2.24) is 5.32 Å². The van der Waals surface area contributed by atoms with Crippen molar-refractivity contribution in [2.24, 2.45) is 0 Å². The fourth-order valence-corrected chi connectivity index (χ4v) is 6.94. The Hall–Kier alpha value is -2.79. The highest BCUT2D eigenvalue weighted by Gasteiger charge is 2.43. The van der Waals surface area contributed by atoms with Crippen molar-refractivity contribution in [3.63, 3.8) is 0 Å². The lowest BCUT2D eigenvalue weighted by Gasteiger charge is -2.46. The number of carbonyl (C=O) groups excluding carboxylic acids is 1. The third-order valence-electron chi connectivity index (χ3n) is 7.05. The zero-order chi connectivity index (χ0) is 20.9. The molecule has 31 heavy (non-hydrogen) atoms. The van der Waals surface area contributed by atoms with Gasteiger partial charge in [0.2, 0.25) is 0 Å². The number of nitrogens with zero attached hydrogens (tertiary/aromatic N) is 1. The third kappa shape index (κ3) is 3.06. The van der Waals surface area contributed by atoms with Crippen molar-refractivity contribution in [3.05, 3.63) is 81.2 Å². The number of aryl methyl sites for hydroxylation is 1. The molecule has 0 unspecified atom stereocenters. The van der Waals surface area contributed by atoms with Gasteiger partial charge in [0.25, 0.3) is 5.91 Å². The van der Waals surface area contributed by atoms with Crippen molar-refractivity contribution in [2.75, 3.05) is 12.0 Å². The van der Waals surface area contributed by atoms with Crippen molar-refractivity contribution >= 4 is 22.2 Å². The van der Waals surface area contributed by atoms with Gasteiger partial charge in [-0.15, -0.1) is 11.3 Å². The number of methoxy groups -OCH3 is 1. The van der Waals surface area contributed by atoms with Crippen LogP contribution in [0.15, 0.2) is 48.5 Å². The van der Waals surface area contributed by atoms with Crippen LogP contribution in [0.1, 0.15) is 56.2 Å². The molecule has 0 bridgehead atoms. The average molecular weight is 431 g/mol. The molecule has 1 amide bonds. The molecule has 6 rings (SSSR count). The Labute approximate surface area is 186 Å². The highest BCUT2D eigenvalue weighted by Crippen LogP contribution is 2.47. The third-order valence-corrected chi connectivity index (χ3v) is 8.38. The van der Waals surface area contributed by atoms with E-state index < -0.39 is 0 Å². The normalized spacial score (nSPS) is 21.5. The van der Waals surface area contributed by atoms with E-state index in [1.165, 1.54) is 45.0 Å². The predicted molar refractivity (Wildman–Crippen MR) is 124 cm³/mol.